The molecule has 0 radical (unpaired) electrons. The summed E-state index contributed by atoms with van der Waals surface area (Å²) in [4.78, 5) is 23.0. The molecule has 1 heterocycles. The molecule has 1 aliphatic rings. The Kier molecular flexibility index (Phi) is 4.29. The lowest BCUT2D eigenvalue weighted by Gasteiger charge is -2.15. The number of hydrogen-bond donors (Lipinski definition) is 2. The molecule has 0 spiro atoms. The molecule has 2 N–H and O–H groups in total. The highest BCUT2D eigenvalue weighted by atomic mass is 35.5. The van der Waals surface area contributed by atoms with E-state index in [4.69, 9.17) is 33.0 Å². The Morgan fingerprint density at radius 2 is 1.84 bits per heavy atom. The number of ether oxygens (including phenoxy) is 1. The zero-order valence-corrected chi connectivity index (χ0v) is 11.2. The molecule has 2 rings (SSSR count). The Morgan fingerprint density at radius 1 is 1.21 bits per heavy atom. The Hall–Kier alpha value is -1.30. The van der Waals surface area contributed by atoms with Gasteiger partial charge in [0, 0.05) is 15.6 Å². The minimum Gasteiger partial charge on any atom is -0.481 e. The maximum atomic E-state index is 12.0. The molecule has 5 nitrogen and oxygen atoms in total. The molecular formula is C12H11Cl2NO4. The second kappa shape index (κ2) is 5.77. The minimum absolute atomic E-state index is 0.0938. The third-order valence-electron chi connectivity index (χ3n) is 2.84. The predicted octanol–water partition coefficient (Wildman–Crippen LogP) is 1.82. The quantitative estimate of drug-likeness (QED) is 0.893. The number of benzene rings is 1. The normalized spacial score (nSPS) is 22.2. The topological polar surface area (TPSA) is 75.6 Å². The number of carbonyl (C=O) groups is 2. The standard InChI is InChI=1S/C12H11Cl2NO4/c13-7-1-6(2-8(14)3-7)11(16)15-10-5-19-4-9(10)12(17)18/h1-3,9-10H,4-5H2,(H,15,16)(H,17,18). The molecule has 0 saturated carbocycles. The van der Waals surface area contributed by atoms with Crippen molar-refractivity contribution >= 4 is 35.1 Å². The van der Waals surface area contributed by atoms with Gasteiger partial charge in [-0.25, -0.2) is 0 Å². The number of carboxylic acids is 1. The Morgan fingerprint density at radius 3 is 2.42 bits per heavy atom. The summed E-state index contributed by atoms with van der Waals surface area (Å²) in [6, 6.07) is 3.89. The van der Waals surface area contributed by atoms with Crippen LogP contribution in [0.1, 0.15) is 10.4 Å². The Labute approximate surface area is 119 Å². The van der Waals surface area contributed by atoms with Crippen molar-refractivity contribution in [1.29, 1.82) is 0 Å². The molecule has 1 aromatic rings. The van der Waals surface area contributed by atoms with Crippen LogP contribution in [0.5, 0.6) is 0 Å². The summed E-state index contributed by atoms with van der Waals surface area (Å²) >= 11 is 11.6. The van der Waals surface area contributed by atoms with Crippen molar-refractivity contribution in [3.05, 3.63) is 33.8 Å². The van der Waals surface area contributed by atoms with Crippen molar-refractivity contribution in [3.8, 4) is 0 Å². The lowest BCUT2D eigenvalue weighted by Crippen LogP contribution is -2.42. The maximum Gasteiger partial charge on any atom is 0.311 e. The second-order valence-corrected chi connectivity index (χ2v) is 5.09. The number of carboxylic acid groups (broad SMARTS) is 1. The van der Waals surface area contributed by atoms with Gasteiger partial charge in [0.25, 0.3) is 5.91 Å². The average molecular weight is 304 g/mol. The van der Waals surface area contributed by atoms with E-state index < -0.39 is 23.8 Å². The van der Waals surface area contributed by atoms with Crippen molar-refractivity contribution in [2.45, 2.75) is 6.04 Å². The fraction of sp³-hybridized carbons (Fsp3) is 0.333. The molecule has 1 amide bonds. The average Bonchev–Trinajstić information content (AvgIpc) is 2.75. The third-order valence-corrected chi connectivity index (χ3v) is 3.28. The van der Waals surface area contributed by atoms with E-state index in [9.17, 15) is 9.59 Å². The van der Waals surface area contributed by atoms with E-state index in [2.05, 4.69) is 5.32 Å². The lowest BCUT2D eigenvalue weighted by molar-refractivity contribution is -0.142. The van der Waals surface area contributed by atoms with Crippen LogP contribution in [0.4, 0.5) is 0 Å². The van der Waals surface area contributed by atoms with Gasteiger partial charge in [-0.1, -0.05) is 23.2 Å². The molecule has 0 bridgehead atoms. The first-order valence-electron chi connectivity index (χ1n) is 5.55. The number of amides is 1. The van der Waals surface area contributed by atoms with E-state index in [1.165, 1.54) is 18.2 Å². The highest BCUT2D eigenvalue weighted by Crippen LogP contribution is 2.20. The molecule has 1 aromatic carbocycles. The van der Waals surface area contributed by atoms with Crippen LogP contribution in [0.2, 0.25) is 10.0 Å². The van der Waals surface area contributed by atoms with Crippen LogP contribution in [0.15, 0.2) is 18.2 Å². The van der Waals surface area contributed by atoms with E-state index in [-0.39, 0.29) is 18.8 Å². The smallest absolute Gasteiger partial charge is 0.311 e. The maximum absolute atomic E-state index is 12.0. The summed E-state index contributed by atoms with van der Waals surface area (Å²) in [5, 5.41) is 12.3. The van der Waals surface area contributed by atoms with Crippen molar-refractivity contribution in [3.63, 3.8) is 0 Å². The van der Waals surface area contributed by atoms with Gasteiger partial charge in [0.15, 0.2) is 0 Å². The summed E-state index contributed by atoms with van der Waals surface area (Å²) < 4.78 is 5.07. The monoisotopic (exact) mass is 303 g/mol. The first-order chi connectivity index (χ1) is 8.97. The fourth-order valence-corrected chi connectivity index (χ4v) is 2.40. The third kappa shape index (κ3) is 3.37. The number of carbonyl (C=O) groups excluding carboxylic acids is 1. The molecular weight excluding hydrogens is 293 g/mol. The van der Waals surface area contributed by atoms with Crippen LogP contribution < -0.4 is 5.32 Å². The van der Waals surface area contributed by atoms with Gasteiger partial charge >= 0.3 is 5.97 Å². The molecule has 19 heavy (non-hydrogen) atoms. The molecule has 2 unspecified atom stereocenters. The number of halogens is 2. The van der Waals surface area contributed by atoms with E-state index in [1.54, 1.807) is 0 Å². The molecule has 0 aromatic heterocycles. The van der Waals surface area contributed by atoms with E-state index in [1.807, 2.05) is 0 Å². The molecule has 7 heteroatoms. The van der Waals surface area contributed by atoms with E-state index in [0.717, 1.165) is 0 Å². The second-order valence-electron chi connectivity index (χ2n) is 4.22. The van der Waals surface area contributed by atoms with Crippen LogP contribution in [0, 0.1) is 5.92 Å². The van der Waals surface area contributed by atoms with Crippen molar-refractivity contribution in [2.75, 3.05) is 13.2 Å². The van der Waals surface area contributed by atoms with E-state index >= 15 is 0 Å². The molecule has 1 fully saturated rings. The van der Waals surface area contributed by atoms with Gasteiger partial charge < -0.3 is 15.2 Å². The fourth-order valence-electron chi connectivity index (χ4n) is 1.88. The van der Waals surface area contributed by atoms with Crippen molar-refractivity contribution in [1.82, 2.24) is 5.32 Å². The van der Waals surface area contributed by atoms with Gasteiger partial charge in [-0.15, -0.1) is 0 Å². The molecule has 2 atom stereocenters. The van der Waals surface area contributed by atoms with Crippen LogP contribution in [-0.4, -0.2) is 36.2 Å². The summed E-state index contributed by atoms with van der Waals surface area (Å²) in [6.07, 6.45) is 0. The summed E-state index contributed by atoms with van der Waals surface area (Å²) in [6.45, 7) is 0.271. The van der Waals surface area contributed by atoms with E-state index in [0.29, 0.717) is 10.0 Å². The Balaban J connectivity index is 2.10. The van der Waals surface area contributed by atoms with Crippen molar-refractivity contribution in [2.24, 2.45) is 5.92 Å². The number of aliphatic carboxylic acids is 1. The van der Waals surface area contributed by atoms with Gasteiger partial charge in [0.2, 0.25) is 0 Å². The van der Waals surface area contributed by atoms with Gasteiger partial charge in [-0.3, -0.25) is 9.59 Å². The van der Waals surface area contributed by atoms with Crippen molar-refractivity contribution < 1.29 is 19.4 Å². The largest absolute Gasteiger partial charge is 0.481 e. The predicted molar refractivity (Wildman–Crippen MR) is 69.7 cm³/mol. The lowest BCUT2D eigenvalue weighted by atomic mass is 10.0. The number of nitrogens with one attached hydrogen (secondary N) is 1. The zero-order chi connectivity index (χ0) is 14.0. The highest BCUT2D eigenvalue weighted by molar-refractivity contribution is 6.35. The zero-order valence-electron chi connectivity index (χ0n) is 9.73. The first kappa shape index (κ1) is 14.1. The van der Waals surface area contributed by atoms with Gasteiger partial charge in [0.1, 0.15) is 5.92 Å². The van der Waals surface area contributed by atoms with Gasteiger partial charge in [-0.2, -0.15) is 0 Å². The SMILES string of the molecule is O=C(NC1COCC1C(=O)O)c1cc(Cl)cc(Cl)c1. The molecule has 0 aliphatic carbocycles. The summed E-state index contributed by atoms with van der Waals surface area (Å²) in [5.74, 6) is -2.16. The van der Waals surface area contributed by atoms with Crippen LogP contribution in [-0.2, 0) is 9.53 Å². The van der Waals surface area contributed by atoms with Gasteiger partial charge in [-0.05, 0) is 18.2 Å². The Bertz CT molecular complexity index is 500. The molecule has 1 aliphatic heterocycles. The first-order valence-corrected chi connectivity index (χ1v) is 6.30. The van der Waals surface area contributed by atoms with Crippen LogP contribution in [0.25, 0.3) is 0 Å². The highest BCUT2D eigenvalue weighted by Gasteiger charge is 2.35. The molecule has 1 saturated heterocycles. The number of rotatable bonds is 3. The summed E-state index contributed by atoms with van der Waals surface area (Å²) in [7, 11) is 0. The van der Waals surface area contributed by atoms with Gasteiger partial charge in [0.05, 0.1) is 19.3 Å². The minimum atomic E-state index is -0.994. The summed E-state index contributed by atoms with van der Waals surface area (Å²) in [5.41, 5.74) is 0.286. The number of hydrogen-bond acceptors (Lipinski definition) is 3. The molecule has 102 valence electrons. The van der Waals surface area contributed by atoms with Crippen LogP contribution in [0.3, 0.4) is 0 Å². The van der Waals surface area contributed by atoms with Crippen LogP contribution >= 0.6 is 23.2 Å².